The van der Waals surface area contributed by atoms with Crippen molar-refractivity contribution in [2.45, 2.75) is 26.3 Å². The quantitative estimate of drug-likeness (QED) is 0.759. The molecule has 1 unspecified atom stereocenters. The SMILES string of the molecule is CC(=O)C(C)NC(=O)C1=CC=CCC=C1. The minimum atomic E-state index is -0.431. The lowest BCUT2D eigenvalue weighted by molar-refractivity contribution is -0.124. The van der Waals surface area contributed by atoms with Crippen molar-refractivity contribution in [1.29, 1.82) is 0 Å². The molecule has 1 atom stereocenters. The molecule has 0 aliphatic heterocycles. The lowest BCUT2D eigenvalue weighted by Gasteiger charge is -2.10. The first-order chi connectivity index (χ1) is 7.11. The van der Waals surface area contributed by atoms with Crippen LogP contribution < -0.4 is 5.32 Å². The number of nitrogens with one attached hydrogen (secondary N) is 1. The molecule has 0 spiro atoms. The highest BCUT2D eigenvalue weighted by Gasteiger charge is 2.13. The van der Waals surface area contributed by atoms with E-state index in [1.165, 1.54) is 6.92 Å². The fraction of sp³-hybridized carbons (Fsp3) is 0.333. The molecule has 15 heavy (non-hydrogen) atoms. The molecule has 1 rings (SSSR count). The van der Waals surface area contributed by atoms with E-state index in [4.69, 9.17) is 0 Å². The molecular weight excluding hydrogens is 190 g/mol. The van der Waals surface area contributed by atoms with Crippen LogP contribution >= 0.6 is 0 Å². The van der Waals surface area contributed by atoms with Crippen molar-refractivity contribution in [3.63, 3.8) is 0 Å². The van der Waals surface area contributed by atoms with Gasteiger partial charge in [-0.05, 0) is 26.3 Å². The third kappa shape index (κ3) is 3.54. The fourth-order valence-corrected chi connectivity index (χ4v) is 1.11. The van der Waals surface area contributed by atoms with Crippen LogP contribution in [0.2, 0.25) is 0 Å². The van der Waals surface area contributed by atoms with Crippen LogP contribution in [0, 0.1) is 0 Å². The average Bonchev–Trinajstić information content (AvgIpc) is 2.45. The van der Waals surface area contributed by atoms with Crippen LogP contribution in [0.3, 0.4) is 0 Å². The summed E-state index contributed by atoms with van der Waals surface area (Å²) in [6.45, 7) is 3.14. The molecule has 3 heteroatoms. The number of amides is 1. The van der Waals surface area contributed by atoms with Crippen molar-refractivity contribution >= 4 is 11.7 Å². The summed E-state index contributed by atoms with van der Waals surface area (Å²) in [7, 11) is 0. The molecule has 0 radical (unpaired) electrons. The second kappa shape index (κ2) is 5.29. The lowest BCUT2D eigenvalue weighted by Crippen LogP contribution is -2.37. The number of rotatable bonds is 3. The topological polar surface area (TPSA) is 46.2 Å². The van der Waals surface area contributed by atoms with Crippen LogP contribution in [0.5, 0.6) is 0 Å². The maximum Gasteiger partial charge on any atom is 0.251 e. The normalized spacial score (nSPS) is 16.5. The molecule has 0 bridgehead atoms. The highest BCUT2D eigenvalue weighted by molar-refractivity contribution is 5.99. The van der Waals surface area contributed by atoms with Crippen molar-refractivity contribution in [3.05, 3.63) is 36.0 Å². The predicted octanol–water partition coefficient (Wildman–Crippen LogP) is 1.52. The van der Waals surface area contributed by atoms with Crippen LogP contribution in [0.1, 0.15) is 20.3 Å². The van der Waals surface area contributed by atoms with Crippen LogP contribution in [0.4, 0.5) is 0 Å². The van der Waals surface area contributed by atoms with E-state index in [-0.39, 0.29) is 11.7 Å². The molecule has 3 nitrogen and oxygen atoms in total. The van der Waals surface area contributed by atoms with E-state index in [9.17, 15) is 9.59 Å². The van der Waals surface area contributed by atoms with Gasteiger partial charge in [-0.1, -0.05) is 24.3 Å². The number of ketones is 1. The van der Waals surface area contributed by atoms with E-state index < -0.39 is 6.04 Å². The molecule has 0 aromatic rings. The van der Waals surface area contributed by atoms with E-state index in [0.717, 1.165) is 6.42 Å². The average molecular weight is 205 g/mol. The summed E-state index contributed by atoms with van der Waals surface area (Å²) < 4.78 is 0. The number of Topliss-reactive ketones (excluding diaryl/α,β-unsaturated/α-hetero) is 1. The third-order valence-electron chi connectivity index (χ3n) is 2.20. The number of hydrogen-bond donors (Lipinski definition) is 1. The Bertz CT molecular complexity index is 351. The Balaban J connectivity index is 2.64. The van der Waals surface area contributed by atoms with Gasteiger partial charge in [-0.15, -0.1) is 0 Å². The van der Waals surface area contributed by atoms with E-state index in [2.05, 4.69) is 5.32 Å². The fourth-order valence-electron chi connectivity index (χ4n) is 1.11. The molecule has 1 aliphatic carbocycles. The van der Waals surface area contributed by atoms with Gasteiger partial charge in [-0.25, -0.2) is 0 Å². The van der Waals surface area contributed by atoms with E-state index in [1.807, 2.05) is 18.2 Å². The Kier molecular flexibility index (Phi) is 4.03. The second-order valence-electron chi connectivity index (χ2n) is 3.49. The van der Waals surface area contributed by atoms with Gasteiger partial charge in [0.25, 0.3) is 5.91 Å². The smallest absolute Gasteiger partial charge is 0.251 e. The van der Waals surface area contributed by atoms with Crippen molar-refractivity contribution < 1.29 is 9.59 Å². The van der Waals surface area contributed by atoms with Crippen molar-refractivity contribution in [2.24, 2.45) is 0 Å². The van der Waals surface area contributed by atoms with Crippen LogP contribution in [-0.4, -0.2) is 17.7 Å². The molecule has 0 saturated carbocycles. The number of carbonyl (C=O) groups excluding carboxylic acids is 2. The second-order valence-corrected chi connectivity index (χ2v) is 3.49. The monoisotopic (exact) mass is 205 g/mol. The summed E-state index contributed by atoms with van der Waals surface area (Å²) in [5.74, 6) is -0.252. The van der Waals surface area contributed by atoms with Gasteiger partial charge >= 0.3 is 0 Å². The van der Waals surface area contributed by atoms with Gasteiger partial charge < -0.3 is 5.32 Å². The van der Waals surface area contributed by atoms with Crippen LogP contribution in [0.15, 0.2) is 36.0 Å². The molecule has 1 aliphatic rings. The Morgan fingerprint density at radius 2 is 2.13 bits per heavy atom. The molecule has 0 aromatic carbocycles. The zero-order valence-corrected chi connectivity index (χ0v) is 8.99. The van der Waals surface area contributed by atoms with Gasteiger partial charge in [0.05, 0.1) is 6.04 Å². The van der Waals surface area contributed by atoms with Gasteiger partial charge in [0.2, 0.25) is 0 Å². The first-order valence-corrected chi connectivity index (χ1v) is 4.96. The summed E-state index contributed by atoms with van der Waals surface area (Å²) in [5, 5.41) is 2.63. The maximum atomic E-state index is 11.6. The Hall–Kier alpha value is -1.64. The van der Waals surface area contributed by atoms with Gasteiger partial charge in [0, 0.05) is 5.57 Å². The summed E-state index contributed by atoms with van der Waals surface area (Å²) in [6, 6.07) is -0.431. The number of carbonyl (C=O) groups is 2. The van der Waals surface area contributed by atoms with Gasteiger partial charge in [-0.3, -0.25) is 9.59 Å². The summed E-state index contributed by atoms with van der Waals surface area (Å²) in [6.07, 6.45) is 10.1. The molecule has 0 aromatic heterocycles. The van der Waals surface area contributed by atoms with Gasteiger partial charge in [-0.2, -0.15) is 0 Å². The number of hydrogen-bond acceptors (Lipinski definition) is 2. The molecule has 0 heterocycles. The molecule has 0 saturated heterocycles. The van der Waals surface area contributed by atoms with Crippen molar-refractivity contribution in [3.8, 4) is 0 Å². The highest BCUT2D eigenvalue weighted by Crippen LogP contribution is 2.04. The first kappa shape index (κ1) is 11.4. The minimum Gasteiger partial charge on any atom is -0.343 e. The predicted molar refractivity (Wildman–Crippen MR) is 59.3 cm³/mol. The van der Waals surface area contributed by atoms with Gasteiger partial charge in [0.1, 0.15) is 0 Å². The summed E-state index contributed by atoms with van der Waals surface area (Å²) in [5.41, 5.74) is 0.580. The van der Waals surface area contributed by atoms with Crippen molar-refractivity contribution in [2.75, 3.05) is 0 Å². The Labute approximate surface area is 89.6 Å². The molecule has 0 fully saturated rings. The summed E-state index contributed by atoms with van der Waals surface area (Å²) >= 11 is 0. The van der Waals surface area contributed by atoms with Crippen molar-refractivity contribution in [1.82, 2.24) is 5.32 Å². The largest absolute Gasteiger partial charge is 0.343 e. The number of allylic oxidation sites excluding steroid dienone is 4. The highest BCUT2D eigenvalue weighted by atomic mass is 16.2. The van der Waals surface area contributed by atoms with E-state index in [0.29, 0.717) is 5.57 Å². The molecule has 80 valence electrons. The zero-order valence-electron chi connectivity index (χ0n) is 8.99. The Morgan fingerprint density at radius 1 is 1.40 bits per heavy atom. The zero-order chi connectivity index (χ0) is 11.3. The minimum absolute atomic E-state index is 0.0444. The molecule has 1 N–H and O–H groups in total. The maximum absolute atomic E-state index is 11.6. The lowest BCUT2D eigenvalue weighted by atomic mass is 10.2. The molecular formula is C12H15NO2. The summed E-state index contributed by atoms with van der Waals surface area (Å²) in [4.78, 5) is 22.6. The van der Waals surface area contributed by atoms with Gasteiger partial charge in [0.15, 0.2) is 5.78 Å². The van der Waals surface area contributed by atoms with E-state index in [1.54, 1.807) is 19.1 Å². The third-order valence-corrected chi connectivity index (χ3v) is 2.20. The first-order valence-electron chi connectivity index (χ1n) is 4.96. The molecule has 1 amide bonds. The van der Waals surface area contributed by atoms with Crippen LogP contribution in [0.25, 0.3) is 0 Å². The Morgan fingerprint density at radius 3 is 2.80 bits per heavy atom. The van der Waals surface area contributed by atoms with E-state index >= 15 is 0 Å². The standard InChI is InChI=1S/C12H15NO2/c1-9(10(2)14)13-12(15)11-7-5-3-4-6-8-11/h3,5-9H,4H2,1-2H3,(H,13,15). The van der Waals surface area contributed by atoms with Crippen LogP contribution in [-0.2, 0) is 9.59 Å².